The molecule has 0 amide bonds. The average molecular weight is 161 g/mol. The smallest absolute Gasteiger partial charge is 0.00167 e. The molecule has 64 valence electrons. The summed E-state index contributed by atoms with van der Waals surface area (Å²) in [7, 11) is 0. The SMILES string of the molecule is CC(C=Cc1ccccc1)CN. The van der Waals surface area contributed by atoms with Gasteiger partial charge in [-0.3, -0.25) is 0 Å². The number of hydrogen-bond donors (Lipinski definition) is 1. The van der Waals surface area contributed by atoms with Crippen molar-refractivity contribution in [3.05, 3.63) is 42.0 Å². The highest BCUT2D eigenvalue weighted by atomic mass is 14.5. The van der Waals surface area contributed by atoms with Gasteiger partial charge in [0.25, 0.3) is 0 Å². The molecule has 1 rings (SSSR count). The van der Waals surface area contributed by atoms with Crippen molar-refractivity contribution in [1.29, 1.82) is 0 Å². The third kappa shape index (κ3) is 2.89. The van der Waals surface area contributed by atoms with E-state index >= 15 is 0 Å². The van der Waals surface area contributed by atoms with Crippen molar-refractivity contribution in [1.82, 2.24) is 0 Å². The van der Waals surface area contributed by atoms with E-state index in [0.29, 0.717) is 12.5 Å². The summed E-state index contributed by atoms with van der Waals surface area (Å²) < 4.78 is 0. The van der Waals surface area contributed by atoms with Crippen LogP contribution in [-0.2, 0) is 0 Å². The Kier molecular flexibility index (Phi) is 3.55. The molecule has 0 aliphatic heterocycles. The highest BCUT2D eigenvalue weighted by Gasteiger charge is 1.90. The van der Waals surface area contributed by atoms with Crippen molar-refractivity contribution in [3.8, 4) is 0 Å². The minimum Gasteiger partial charge on any atom is -0.330 e. The predicted molar refractivity (Wildman–Crippen MR) is 53.7 cm³/mol. The molecule has 1 nitrogen and oxygen atoms in total. The van der Waals surface area contributed by atoms with Crippen molar-refractivity contribution in [3.63, 3.8) is 0 Å². The summed E-state index contributed by atoms with van der Waals surface area (Å²) in [5, 5.41) is 0. The molecular weight excluding hydrogens is 146 g/mol. The van der Waals surface area contributed by atoms with Gasteiger partial charge in [-0.05, 0) is 18.0 Å². The highest BCUT2D eigenvalue weighted by Crippen LogP contribution is 2.03. The van der Waals surface area contributed by atoms with E-state index in [1.807, 2.05) is 18.2 Å². The molecule has 0 saturated carbocycles. The van der Waals surface area contributed by atoms with Gasteiger partial charge in [0.2, 0.25) is 0 Å². The maximum absolute atomic E-state index is 5.48. The van der Waals surface area contributed by atoms with Crippen LogP contribution in [-0.4, -0.2) is 6.54 Å². The van der Waals surface area contributed by atoms with Crippen LogP contribution in [0.4, 0.5) is 0 Å². The van der Waals surface area contributed by atoms with Gasteiger partial charge in [0.1, 0.15) is 0 Å². The van der Waals surface area contributed by atoms with Gasteiger partial charge in [-0.1, -0.05) is 49.4 Å². The van der Waals surface area contributed by atoms with Crippen molar-refractivity contribution < 1.29 is 0 Å². The average Bonchev–Trinajstić information content (AvgIpc) is 2.16. The maximum atomic E-state index is 5.48. The Morgan fingerprint density at radius 3 is 2.58 bits per heavy atom. The monoisotopic (exact) mass is 161 g/mol. The van der Waals surface area contributed by atoms with E-state index in [1.54, 1.807) is 0 Å². The van der Waals surface area contributed by atoms with Crippen molar-refractivity contribution in [2.45, 2.75) is 6.92 Å². The fourth-order valence-corrected chi connectivity index (χ4v) is 0.918. The van der Waals surface area contributed by atoms with Crippen LogP contribution >= 0.6 is 0 Å². The summed E-state index contributed by atoms with van der Waals surface area (Å²) in [6.07, 6.45) is 4.24. The number of benzene rings is 1. The van der Waals surface area contributed by atoms with Crippen LogP contribution in [0.5, 0.6) is 0 Å². The molecule has 0 radical (unpaired) electrons. The maximum Gasteiger partial charge on any atom is -0.00167 e. The van der Waals surface area contributed by atoms with E-state index in [1.165, 1.54) is 5.56 Å². The first-order valence-corrected chi connectivity index (χ1v) is 4.26. The summed E-state index contributed by atoms with van der Waals surface area (Å²) in [5.41, 5.74) is 6.72. The molecule has 1 unspecified atom stereocenters. The number of nitrogens with two attached hydrogens (primary N) is 1. The first-order chi connectivity index (χ1) is 5.83. The third-order valence-corrected chi connectivity index (χ3v) is 1.79. The van der Waals surface area contributed by atoms with Crippen molar-refractivity contribution in [2.24, 2.45) is 11.7 Å². The van der Waals surface area contributed by atoms with E-state index in [4.69, 9.17) is 5.73 Å². The van der Waals surface area contributed by atoms with Crippen LogP contribution in [0.15, 0.2) is 36.4 Å². The van der Waals surface area contributed by atoms with E-state index in [9.17, 15) is 0 Å². The topological polar surface area (TPSA) is 26.0 Å². The Morgan fingerprint density at radius 2 is 2.00 bits per heavy atom. The van der Waals surface area contributed by atoms with Gasteiger partial charge in [0.15, 0.2) is 0 Å². The molecule has 0 bridgehead atoms. The van der Waals surface area contributed by atoms with Crippen molar-refractivity contribution >= 4 is 6.08 Å². The molecule has 1 heteroatoms. The standard InChI is InChI=1S/C11H15N/c1-10(9-12)7-8-11-5-3-2-4-6-11/h2-8,10H,9,12H2,1H3. The third-order valence-electron chi connectivity index (χ3n) is 1.79. The molecule has 0 aliphatic rings. The largest absolute Gasteiger partial charge is 0.330 e. The first kappa shape index (κ1) is 9.01. The molecule has 1 aromatic carbocycles. The number of rotatable bonds is 3. The lowest BCUT2D eigenvalue weighted by molar-refractivity contribution is 0.743. The van der Waals surface area contributed by atoms with E-state index in [-0.39, 0.29) is 0 Å². The van der Waals surface area contributed by atoms with E-state index in [0.717, 1.165) is 0 Å². The Hall–Kier alpha value is -1.08. The molecule has 0 saturated heterocycles. The molecular formula is C11H15N. The molecule has 0 spiro atoms. The lowest BCUT2D eigenvalue weighted by Crippen LogP contribution is -2.07. The van der Waals surface area contributed by atoms with Crippen LogP contribution in [0.2, 0.25) is 0 Å². The summed E-state index contributed by atoms with van der Waals surface area (Å²) in [4.78, 5) is 0. The molecule has 1 aromatic rings. The van der Waals surface area contributed by atoms with Crippen molar-refractivity contribution in [2.75, 3.05) is 6.54 Å². The Balaban J connectivity index is 2.58. The Morgan fingerprint density at radius 1 is 1.33 bits per heavy atom. The van der Waals surface area contributed by atoms with Crippen LogP contribution in [0, 0.1) is 5.92 Å². The Labute approximate surface area is 73.9 Å². The van der Waals surface area contributed by atoms with Gasteiger partial charge in [-0.2, -0.15) is 0 Å². The first-order valence-electron chi connectivity index (χ1n) is 4.26. The van der Waals surface area contributed by atoms with Gasteiger partial charge in [0.05, 0.1) is 0 Å². The zero-order chi connectivity index (χ0) is 8.81. The second-order valence-corrected chi connectivity index (χ2v) is 2.98. The zero-order valence-electron chi connectivity index (χ0n) is 7.40. The molecule has 2 N–H and O–H groups in total. The fourth-order valence-electron chi connectivity index (χ4n) is 0.918. The molecule has 1 atom stereocenters. The second-order valence-electron chi connectivity index (χ2n) is 2.98. The predicted octanol–water partition coefficient (Wildman–Crippen LogP) is 2.29. The van der Waals surface area contributed by atoms with Gasteiger partial charge >= 0.3 is 0 Å². The summed E-state index contributed by atoms with van der Waals surface area (Å²) in [6, 6.07) is 10.3. The van der Waals surface area contributed by atoms with Crippen LogP contribution in [0.25, 0.3) is 6.08 Å². The van der Waals surface area contributed by atoms with Crippen LogP contribution in [0.3, 0.4) is 0 Å². The fraction of sp³-hybridized carbons (Fsp3) is 0.273. The van der Waals surface area contributed by atoms with E-state index in [2.05, 4.69) is 31.2 Å². The zero-order valence-corrected chi connectivity index (χ0v) is 7.40. The van der Waals surface area contributed by atoms with Gasteiger partial charge < -0.3 is 5.73 Å². The molecule has 0 fully saturated rings. The van der Waals surface area contributed by atoms with Crippen LogP contribution in [0.1, 0.15) is 12.5 Å². The van der Waals surface area contributed by atoms with Gasteiger partial charge in [-0.15, -0.1) is 0 Å². The quantitative estimate of drug-likeness (QED) is 0.723. The minimum atomic E-state index is 0.463. The summed E-state index contributed by atoms with van der Waals surface area (Å²) in [6.45, 7) is 2.82. The lowest BCUT2D eigenvalue weighted by Gasteiger charge is -1.99. The Bertz CT molecular complexity index is 238. The molecule has 12 heavy (non-hydrogen) atoms. The van der Waals surface area contributed by atoms with Gasteiger partial charge in [0, 0.05) is 0 Å². The van der Waals surface area contributed by atoms with Crippen LogP contribution < -0.4 is 5.73 Å². The number of hydrogen-bond acceptors (Lipinski definition) is 1. The normalized spacial score (nSPS) is 13.5. The summed E-state index contributed by atoms with van der Waals surface area (Å²) >= 11 is 0. The lowest BCUT2D eigenvalue weighted by atomic mass is 10.1. The molecule has 0 aliphatic carbocycles. The molecule has 0 aromatic heterocycles. The van der Waals surface area contributed by atoms with E-state index < -0.39 is 0 Å². The molecule has 0 heterocycles. The van der Waals surface area contributed by atoms with Gasteiger partial charge in [-0.25, -0.2) is 0 Å². The minimum absolute atomic E-state index is 0.463. The summed E-state index contributed by atoms with van der Waals surface area (Å²) in [5.74, 6) is 0.463. The highest BCUT2D eigenvalue weighted by molar-refractivity contribution is 5.48. The second kappa shape index (κ2) is 4.73.